The third kappa shape index (κ3) is 5.88. The molecule has 0 unspecified atom stereocenters. The lowest BCUT2D eigenvalue weighted by Gasteiger charge is -2.13. The largest absolute Gasteiger partial charge is 0.494 e. The first-order valence-electron chi connectivity index (χ1n) is 12.7. The number of ether oxygens (including phenoxy) is 1. The number of fused-ring (bicyclic) bond motifs is 1. The molecular weight excluding hydrogens is 572 g/mol. The molecule has 10 heteroatoms. The van der Waals surface area contributed by atoms with Gasteiger partial charge in [0.15, 0.2) is 0 Å². The number of halogens is 8. The number of allylic oxidation sites excluding steroid dienone is 6. The Morgan fingerprint density at radius 3 is 2.10 bits per heavy atom. The smallest absolute Gasteiger partial charge is 0.422 e. The second-order valence-corrected chi connectivity index (χ2v) is 10.6. The maximum atomic E-state index is 15.1. The van der Waals surface area contributed by atoms with Crippen molar-refractivity contribution in [2.24, 2.45) is 0 Å². The van der Waals surface area contributed by atoms with E-state index in [0.717, 1.165) is 33.6 Å². The number of rotatable bonds is 6. The fourth-order valence-corrected chi connectivity index (χ4v) is 6.08. The van der Waals surface area contributed by atoms with E-state index in [1.165, 1.54) is 11.3 Å². The summed E-state index contributed by atoms with van der Waals surface area (Å²) in [6.07, 6.45) is 5.50. The summed E-state index contributed by atoms with van der Waals surface area (Å²) in [5.41, 5.74) is -1.04. The minimum Gasteiger partial charge on any atom is -0.494 e. The summed E-state index contributed by atoms with van der Waals surface area (Å²) in [5, 5.41) is 0. The number of aryl methyl sites for hydroxylation is 1. The highest BCUT2D eigenvalue weighted by Gasteiger charge is 2.38. The van der Waals surface area contributed by atoms with Crippen molar-refractivity contribution < 1.29 is 39.9 Å². The Labute approximate surface area is 234 Å². The summed E-state index contributed by atoms with van der Waals surface area (Å²) < 4.78 is 118. The van der Waals surface area contributed by atoms with Crippen LogP contribution in [-0.4, -0.2) is 6.61 Å². The van der Waals surface area contributed by atoms with Crippen molar-refractivity contribution in [3.05, 3.63) is 115 Å². The minimum absolute atomic E-state index is 0.220. The van der Waals surface area contributed by atoms with E-state index in [0.29, 0.717) is 36.0 Å². The van der Waals surface area contributed by atoms with E-state index < -0.39 is 46.1 Å². The van der Waals surface area contributed by atoms with Crippen molar-refractivity contribution in [3.63, 3.8) is 0 Å². The summed E-state index contributed by atoms with van der Waals surface area (Å²) in [6.45, 7) is 2.40. The average molecular weight is 595 g/mol. The fraction of sp³-hybridized carbons (Fsp3) is 0.226. The Bertz CT molecular complexity index is 1690. The molecule has 0 spiro atoms. The Balaban J connectivity index is 1.31. The van der Waals surface area contributed by atoms with Crippen LogP contribution in [0, 0.1) is 29.1 Å². The van der Waals surface area contributed by atoms with Gasteiger partial charge in [-0.25, -0.2) is 22.0 Å². The second-order valence-electron chi connectivity index (χ2n) is 9.56. The van der Waals surface area contributed by atoms with Gasteiger partial charge in [-0.15, -0.1) is 11.3 Å². The molecule has 5 rings (SSSR count). The monoisotopic (exact) mass is 594 g/mol. The Hall–Kier alpha value is -3.66. The molecule has 1 aromatic heterocycles. The third-order valence-electron chi connectivity index (χ3n) is 6.86. The van der Waals surface area contributed by atoms with Crippen molar-refractivity contribution in [2.75, 3.05) is 6.61 Å². The first-order valence-corrected chi connectivity index (χ1v) is 13.5. The molecule has 1 heterocycles. The molecule has 0 amide bonds. The maximum Gasteiger partial charge on any atom is 0.422 e. The lowest BCUT2D eigenvalue weighted by atomic mass is 9.95. The van der Waals surface area contributed by atoms with Gasteiger partial charge in [0.1, 0.15) is 40.4 Å². The predicted octanol–water partition coefficient (Wildman–Crippen LogP) is 8.06. The predicted molar refractivity (Wildman–Crippen MR) is 142 cm³/mol. The van der Waals surface area contributed by atoms with Crippen LogP contribution in [0.4, 0.5) is 35.1 Å². The zero-order valence-corrected chi connectivity index (χ0v) is 22.4. The van der Waals surface area contributed by atoms with Crippen molar-refractivity contribution in [2.45, 2.75) is 38.8 Å². The van der Waals surface area contributed by atoms with Crippen LogP contribution in [0.2, 0.25) is 0 Å². The van der Waals surface area contributed by atoms with Crippen LogP contribution < -0.4 is 9.06 Å². The zero-order chi connectivity index (χ0) is 29.5. The van der Waals surface area contributed by atoms with Crippen LogP contribution in [-0.2, 0) is 23.8 Å². The van der Waals surface area contributed by atoms with Crippen LogP contribution in [0.25, 0.3) is 22.8 Å². The van der Waals surface area contributed by atoms with Gasteiger partial charge in [0.25, 0.3) is 0 Å². The van der Waals surface area contributed by atoms with Crippen molar-refractivity contribution in [1.29, 1.82) is 0 Å². The summed E-state index contributed by atoms with van der Waals surface area (Å²) in [4.78, 5) is 0. The molecular formula is C31H22F8OS. The SMILES string of the molecule is CCOC1=CCc2c(F)c(=C3C=CC(CCc4cc(F)c(-c5cc(F)c(C(F)(F)F)c(F)c5)c(F)c4)=CC3)sc2=C1. The van der Waals surface area contributed by atoms with Gasteiger partial charge in [-0.1, -0.05) is 23.8 Å². The van der Waals surface area contributed by atoms with Crippen LogP contribution in [0.1, 0.15) is 36.5 Å². The molecule has 0 fully saturated rings. The molecule has 3 aromatic rings. The van der Waals surface area contributed by atoms with Gasteiger partial charge in [0, 0.05) is 10.1 Å². The van der Waals surface area contributed by atoms with E-state index in [-0.39, 0.29) is 29.9 Å². The van der Waals surface area contributed by atoms with Gasteiger partial charge in [-0.2, -0.15) is 13.2 Å². The summed E-state index contributed by atoms with van der Waals surface area (Å²) >= 11 is 1.36. The number of hydrogen-bond donors (Lipinski definition) is 0. The molecule has 0 saturated carbocycles. The van der Waals surface area contributed by atoms with E-state index >= 15 is 4.39 Å². The lowest BCUT2D eigenvalue weighted by Crippen LogP contribution is -2.11. The van der Waals surface area contributed by atoms with Crippen molar-refractivity contribution >= 4 is 23.0 Å². The molecule has 2 aliphatic carbocycles. The second kappa shape index (κ2) is 11.3. The highest BCUT2D eigenvalue weighted by Crippen LogP contribution is 2.37. The zero-order valence-electron chi connectivity index (χ0n) is 21.6. The van der Waals surface area contributed by atoms with Gasteiger partial charge in [-0.3, -0.25) is 0 Å². The Morgan fingerprint density at radius 2 is 1.51 bits per heavy atom. The van der Waals surface area contributed by atoms with Crippen molar-refractivity contribution in [1.82, 2.24) is 0 Å². The number of benzene rings is 2. The summed E-state index contributed by atoms with van der Waals surface area (Å²) in [7, 11) is 0. The highest BCUT2D eigenvalue weighted by atomic mass is 32.1. The number of alkyl halides is 3. The summed E-state index contributed by atoms with van der Waals surface area (Å²) in [6, 6.07) is 2.50. The van der Waals surface area contributed by atoms with Gasteiger partial charge in [0.05, 0.1) is 16.7 Å². The van der Waals surface area contributed by atoms with Crippen LogP contribution in [0.15, 0.2) is 59.9 Å². The number of hydrogen-bond acceptors (Lipinski definition) is 2. The first kappa shape index (κ1) is 28.9. The summed E-state index contributed by atoms with van der Waals surface area (Å²) in [5.74, 6) is -5.76. The normalized spacial score (nSPS) is 16.2. The quantitative estimate of drug-likeness (QED) is 0.263. The number of thiophene rings is 1. The molecule has 1 nitrogen and oxygen atoms in total. The van der Waals surface area contributed by atoms with Crippen LogP contribution >= 0.6 is 11.3 Å². The molecule has 2 aliphatic rings. The first-order chi connectivity index (χ1) is 19.5. The van der Waals surface area contributed by atoms with Gasteiger partial charge in [-0.05, 0) is 85.7 Å². The Kier molecular flexibility index (Phi) is 7.96. The molecule has 0 atom stereocenters. The van der Waals surface area contributed by atoms with E-state index in [9.17, 15) is 30.7 Å². The highest BCUT2D eigenvalue weighted by molar-refractivity contribution is 7.08. The van der Waals surface area contributed by atoms with Crippen LogP contribution in [0.3, 0.4) is 0 Å². The molecule has 2 aromatic carbocycles. The van der Waals surface area contributed by atoms with E-state index in [4.69, 9.17) is 4.74 Å². The molecule has 0 saturated heterocycles. The van der Waals surface area contributed by atoms with Crippen molar-refractivity contribution in [3.8, 4) is 11.1 Å². The van der Waals surface area contributed by atoms with E-state index in [2.05, 4.69) is 0 Å². The van der Waals surface area contributed by atoms with Gasteiger partial charge < -0.3 is 4.74 Å². The maximum absolute atomic E-state index is 15.1. The fourth-order valence-electron chi connectivity index (χ4n) is 4.89. The molecule has 0 bridgehead atoms. The standard InChI is InChI=1S/C31H22F8OS/c1-2-40-20-9-10-21-26(15-20)41-30(29(21)36)18-7-5-16(6-8-18)3-4-17-11-22(32)27(23(33)12-17)19-13-24(34)28(25(35)14-19)31(37,38)39/h5-7,9,11-15H,2-4,8,10H2,1H3. The average Bonchev–Trinajstić information content (AvgIpc) is 3.22. The lowest BCUT2D eigenvalue weighted by molar-refractivity contribution is -0.142. The molecule has 0 N–H and O–H groups in total. The Morgan fingerprint density at radius 1 is 0.829 bits per heavy atom. The van der Waals surface area contributed by atoms with E-state index in [1.54, 1.807) is 0 Å². The van der Waals surface area contributed by atoms with Gasteiger partial charge >= 0.3 is 6.18 Å². The molecule has 0 radical (unpaired) electrons. The van der Waals surface area contributed by atoms with E-state index in [1.807, 2.05) is 37.3 Å². The molecule has 214 valence electrons. The topological polar surface area (TPSA) is 9.23 Å². The minimum atomic E-state index is -5.30. The molecule has 41 heavy (non-hydrogen) atoms. The van der Waals surface area contributed by atoms with Gasteiger partial charge in [0.2, 0.25) is 0 Å². The molecule has 0 aliphatic heterocycles. The third-order valence-corrected chi connectivity index (χ3v) is 8.09. The van der Waals surface area contributed by atoms with Crippen LogP contribution in [0.5, 0.6) is 0 Å².